The zero-order valence-corrected chi connectivity index (χ0v) is 10.5. The number of hydrogen-bond donors (Lipinski definition) is 1. The van der Waals surface area contributed by atoms with Crippen molar-refractivity contribution in [2.75, 3.05) is 14.2 Å². The summed E-state index contributed by atoms with van der Waals surface area (Å²) in [7, 11) is 3.36. The van der Waals surface area contributed by atoms with E-state index >= 15 is 0 Å². The monoisotopic (exact) mass is 223 g/mol. The van der Waals surface area contributed by atoms with Crippen LogP contribution in [0.4, 0.5) is 0 Å². The number of hydrogen-bond acceptors (Lipinski definition) is 3. The number of benzene rings is 1. The molecule has 0 aromatic heterocycles. The van der Waals surface area contributed by atoms with Crippen molar-refractivity contribution in [2.24, 2.45) is 5.73 Å². The van der Waals surface area contributed by atoms with Gasteiger partial charge in [0, 0.05) is 11.6 Å². The molecular weight excluding hydrogens is 202 g/mol. The molecule has 16 heavy (non-hydrogen) atoms. The second-order valence-corrected chi connectivity index (χ2v) is 4.14. The van der Waals surface area contributed by atoms with Gasteiger partial charge >= 0.3 is 0 Å². The first kappa shape index (κ1) is 12.8. The van der Waals surface area contributed by atoms with E-state index in [9.17, 15) is 0 Å². The van der Waals surface area contributed by atoms with Crippen LogP contribution in [0.5, 0.6) is 11.5 Å². The topological polar surface area (TPSA) is 44.5 Å². The number of methoxy groups -OCH3 is 2. The Morgan fingerprint density at radius 3 is 2.06 bits per heavy atom. The molecule has 0 saturated heterocycles. The minimum Gasteiger partial charge on any atom is -0.496 e. The van der Waals surface area contributed by atoms with Gasteiger partial charge in [-0.3, -0.25) is 0 Å². The number of ether oxygens (including phenoxy) is 2. The van der Waals surface area contributed by atoms with Crippen molar-refractivity contribution < 1.29 is 9.47 Å². The van der Waals surface area contributed by atoms with Crippen molar-refractivity contribution in [1.82, 2.24) is 0 Å². The molecule has 0 amide bonds. The third kappa shape index (κ3) is 3.14. The van der Waals surface area contributed by atoms with Gasteiger partial charge in [-0.25, -0.2) is 0 Å². The standard InChI is InChI=1S/C13H21NO2/c1-9(14)5-6-11-7-12(15-3)10(2)13(8-11)16-4/h7-9H,5-6,14H2,1-4H3/t9-/m0/s1. The molecule has 0 fully saturated rings. The van der Waals surface area contributed by atoms with Crippen molar-refractivity contribution in [2.45, 2.75) is 32.7 Å². The molecule has 1 aromatic carbocycles. The van der Waals surface area contributed by atoms with Gasteiger partial charge in [-0.15, -0.1) is 0 Å². The molecule has 1 atom stereocenters. The molecule has 0 unspecified atom stereocenters. The Kier molecular flexibility index (Phi) is 4.62. The van der Waals surface area contributed by atoms with E-state index in [1.54, 1.807) is 14.2 Å². The normalized spacial score (nSPS) is 12.3. The summed E-state index contributed by atoms with van der Waals surface area (Å²) in [5.74, 6) is 1.75. The summed E-state index contributed by atoms with van der Waals surface area (Å²) in [5.41, 5.74) is 7.99. The SMILES string of the molecule is COc1cc(CC[C@H](C)N)cc(OC)c1C. The van der Waals surface area contributed by atoms with Crippen molar-refractivity contribution >= 4 is 0 Å². The molecule has 0 saturated carbocycles. The van der Waals surface area contributed by atoms with Crippen molar-refractivity contribution in [3.05, 3.63) is 23.3 Å². The third-order valence-corrected chi connectivity index (χ3v) is 2.70. The summed E-state index contributed by atoms with van der Waals surface area (Å²) in [4.78, 5) is 0. The van der Waals surface area contributed by atoms with Gasteiger partial charge in [0.25, 0.3) is 0 Å². The van der Waals surface area contributed by atoms with Crippen LogP contribution in [0.3, 0.4) is 0 Å². The van der Waals surface area contributed by atoms with Crippen LogP contribution in [-0.2, 0) is 6.42 Å². The molecule has 2 N–H and O–H groups in total. The Hall–Kier alpha value is -1.22. The Balaban J connectivity index is 2.93. The smallest absolute Gasteiger partial charge is 0.125 e. The van der Waals surface area contributed by atoms with Crippen LogP contribution in [0.2, 0.25) is 0 Å². The Morgan fingerprint density at radius 2 is 1.69 bits per heavy atom. The van der Waals surface area contributed by atoms with Crippen LogP contribution in [0, 0.1) is 6.92 Å². The first-order valence-electron chi connectivity index (χ1n) is 5.55. The number of nitrogens with two attached hydrogens (primary N) is 1. The summed E-state index contributed by atoms with van der Waals surface area (Å²) in [6.45, 7) is 4.01. The molecule has 3 nitrogen and oxygen atoms in total. The van der Waals surface area contributed by atoms with Gasteiger partial charge in [0.05, 0.1) is 14.2 Å². The fraction of sp³-hybridized carbons (Fsp3) is 0.538. The van der Waals surface area contributed by atoms with E-state index in [0.29, 0.717) is 0 Å². The molecule has 0 heterocycles. The van der Waals surface area contributed by atoms with Crippen LogP contribution >= 0.6 is 0 Å². The van der Waals surface area contributed by atoms with Crippen molar-refractivity contribution in [3.63, 3.8) is 0 Å². The fourth-order valence-electron chi connectivity index (χ4n) is 1.68. The van der Waals surface area contributed by atoms with Gasteiger partial charge in [-0.1, -0.05) is 0 Å². The molecule has 0 bridgehead atoms. The molecule has 0 aliphatic heterocycles. The molecule has 0 spiro atoms. The average molecular weight is 223 g/mol. The third-order valence-electron chi connectivity index (χ3n) is 2.70. The molecule has 3 heteroatoms. The van der Waals surface area contributed by atoms with E-state index in [1.165, 1.54) is 5.56 Å². The van der Waals surface area contributed by atoms with Gasteiger partial charge in [0.2, 0.25) is 0 Å². The van der Waals surface area contributed by atoms with E-state index in [0.717, 1.165) is 29.9 Å². The minimum absolute atomic E-state index is 0.221. The molecule has 0 radical (unpaired) electrons. The van der Waals surface area contributed by atoms with Crippen molar-refractivity contribution in [1.29, 1.82) is 0 Å². The highest BCUT2D eigenvalue weighted by atomic mass is 16.5. The second kappa shape index (κ2) is 5.75. The Bertz CT molecular complexity index is 323. The molecule has 90 valence electrons. The van der Waals surface area contributed by atoms with E-state index in [-0.39, 0.29) is 6.04 Å². The summed E-state index contributed by atoms with van der Waals surface area (Å²) in [6.07, 6.45) is 1.92. The van der Waals surface area contributed by atoms with Crippen LogP contribution in [0.15, 0.2) is 12.1 Å². The van der Waals surface area contributed by atoms with Gasteiger partial charge in [-0.05, 0) is 44.4 Å². The maximum Gasteiger partial charge on any atom is 0.125 e. The van der Waals surface area contributed by atoms with E-state index in [2.05, 4.69) is 12.1 Å². The second-order valence-electron chi connectivity index (χ2n) is 4.14. The quantitative estimate of drug-likeness (QED) is 0.833. The lowest BCUT2D eigenvalue weighted by Crippen LogP contribution is -2.15. The Morgan fingerprint density at radius 1 is 1.19 bits per heavy atom. The summed E-state index contributed by atoms with van der Waals surface area (Å²) in [5, 5.41) is 0. The van der Waals surface area contributed by atoms with Crippen LogP contribution in [0.1, 0.15) is 24.5 Å². The van der Waals surface area contributed by atoms with Crippen LogP contribution in [-0.4, -0.2) is 20.3 Å². The highest BCUT2D eigenvalue weighted by Crippen LogP contribution is 2.29. The predicted molar refractivity (Wildman–Crippen MR) is 66.3 cm³/mol. The molecular formula is C13H21NO2. The van der Waals surface area contributed by atoms with Crippen molar-refractivity contribution in [3.8, 4) is 11.5 Å². The van der Waals surface area contributed by atoms with E-state index < -0.39 is 0 Å². The summed E-state index contributed by atoms with van der Waals surface area (Å²) in [6, 6.07) is 4.33. The highest BCUT2D eigenvalue weighted by molar-refractivity contribution is 5.47. The lowest BCUT2D eigenvalue weighted by atomic mass is 10.0. The molecule has 0 aliphatic rings. The number of aryl methyl sites for hydroxylation is 1. The Labute approximate surface area is 97.6 Å². The molecule has 0 aliphatic carbocycles. The maximum atomic E-state index is 5.75. The average Bonchev–Trinajstić information content (AvgIpc) is 2.27. The first-order valence-corrected chi connectivity index (χ1v) is 5.55. The molecule has 1 aromatic rings. The zero-order valence-electron chi connectivity index (χ0n) is 10.5. The van der Waals surface area contributed by atoms with E-state index in [1.807, 2.05) is 13.8 Å². The highest BCUT2D eigenvalue weighted by Gasteiger charge is 2.08. The zero-order chi connectivity index (χ0) is 12.1. The molecule has 1 rings (SSSR count). The van der Waals surface area contributed by atoms with Gasteiger partial charge < -0.3 is 15.2 Å². The first-order chi connectivity index (χ1) is 7.58. The summed E-state index contributed by atoms with van der Waals surface area (Å²) >= 11 is 0. The number of rotatable bonds is 5. The predicted octanol–water partition coefficient (Wildman–Crippen LogP) is 2.29. The van der Waals surface area contributed by atoms with Crippen LogP contribution in [0.25, 0.3) is 0 Å². The van der Waals surface area contributed by atoms with E-state index in [4.69, 9.17) is 15.2 Å². The maximum absolute atomic E-state index is 5.75. The van der Waals surface area contributed by atoms with Gasteiger partial charge in [0.15, 0.2) is 0 Å². The van der Waals surface area contributed by atoms with Gasteiger partial charge in [0.1, 0.15) is 11.5 Å². The van der Waals surface area contributed by atoms with Gasteiger partial charge in [-0.2, -0.15) is 0 Å². The minimum atomic E-state index is 0.221. The van der Waals surface area contributed by atoms with Crippen LogP contribution < -0.4 is 15.2 Å². The largest absolute Gasteiger partial charge is 0.496 e. The summed E-state index contributed by atoms with van der Waals surface area (Å²) < 4.78 is 10.6. The lowest BCUT2D eigenvalue weighted by molar-refractivity contribution is 0.387. The fourth-order valence-corrected chi connectivity index (χ4v) is 1.68. The lowest BCUT2D eigenvalue weighted by Gasteiger charge is -2.13.